The van der Waals surface area contributed by atoms with E-state index in [9.17, 15) is 0 Å². The minimum absolute atomic E-state index is 0.544. The smallest absolute Gasteiger partial charge is 0.0767 e. The van der Waals surface area contributed by atoms with Gasteiger partial charge in [-0.15, -0.1) is 0 Å². The minimum atomic E-state index is 0.544. The van der Waals surface area contributed by atoms with Crippen molar-refractivity contribution in [1.29, 1.82) is 0 Å². The van der Waals surface area contributed by atoms with Crippen LogP contribution in [0.3, 0.4) is 0 Å². The van der Waals surface area contributed by atoms with Gasteiger partial charge in [-0.1, -0.05) is 0 Å². The van der Waals surface area contributed by atoms with E-state index in [1.54, 1.807) is 0 Å². The highest BCUT2D eigenvalue weighted by Crippen LogP contribution is 2.28. The fourth-order valence-electron chi connectivity index (χ4n) is 3.56. The van der Waals surface area contributed by atoms with Gasteiger partial charge < -0.3 is 4.74 Å². The van der Waals surface area contributed by atoms with Crippen LogP contribution in [0.2, 0.25) is 0 Å². The van der Waals surface area contributed by atoms with Crippen molar-refractivity contribution in [1.82, 2.24) is 14.7 Å². The molecule has 0 amide bonds. The van der Waals surface area contributed by atoms with E-state index in [-0.39, 0.29) is 0 Å². The Kier molecular flexibility index (Phi) is 4.41. The second-order valence-corrected chi connectivity index (χ2v) is 6.42. The van der Waals surface area contributed by atoms with Gasteiger partial charge in [-0.3, -0.25) is 9.58 Å². The van der Waals surface area contributed by atoms with Gasteiger partial charge in [0, 0.05) is 25.9 Å². The van der Waals surface area contributed by atoms with Gasteiger partial charge in [-0.2, -0.15) is 5.10 Å². The predicted octanol–water partition coefficient (Wildman–Crippen LogP) is 2.51. The number of aromatic nitrogens is 2. The van der Waals surface area contributed by atoms with Gasteiger partial charge in [0.2, 0.25) is 0 Å². The van der Waals surface area contributed by atoms with Crippen molar-refractivity contribution in [3.63, 3.8) is 0 Å². The molecule has 112 valence electrons. The first kappa shape index (κ1) is 14.1. The number of rotatable bonds is 3. The minimum Gasteiger partial charge on any atom is -0.378 e. The molecule has 0 radical (unpaired) electrons. The van der Waals surface area contributed by atoms with Gasteiger partial charge in [0.25, 0.3) is 0 Å². The van der Waals surface area contributed by atoms with Gasteiger partial charge in [0.05, 0.1) is 11.8 Å². The van der Waals surface area contributed by atoms with Gasteiger partial charge in [-0.05, 0) is 64.1 Å². The average molecular weight is 277 g/mol. The number of ether oxygens (including phenoxy) is 1. The maximum atomic E-state index is 5.96. The van der Waals surface area contributed by atoms with Crippen LogP contribution in [-0.2, 0) is 18.3 Å². The van der Waals surface area contributed by atoms with Crippen molar-refractivity contribution >= 4 is 0 Å². The molecule has 20 heavy (non-hydrogen) atoms. The monoisotopic (exact) mass is 277 g/mol. The van der Waals surface area contributed by atoms with Gasteiger partial charge >= 0.3 is 0 Å². The van der Waals surface area contributed by atoms with Crippen molar-refractivity contribution in [2.75, 3.05) is 19.7 Å². The average Bonchev–Trinajstić information content (AvgIpc) is 2.79. The van der Waals surface area contributed by atoms with Gasteiger partial charge in [-0.25, -0.2) is 0 Å². The Morgan fingerprint density at radius 3 is 2.65 bits per heavy atom. The highest BCUT2D eigenvalue weighted by molar-refractivity contribution is 5.08. The molecule has 1 unspecified atom stereocenters. The molecule has 1 aromatic rings. The third kappa shape index (κ3) is 3.23. The van der Waals surface area contributed by atoms with Gasteiger partial charge in [0.15, 0.2) is 0 Å². The van der Waals surface area contributed by atoms with Crippen molar-refractivity contribution in [2.45, 2.75) is 51.7 Å². The number of aryl methyl sites for hydroxylation is 2. The van der Waals surface area contributed by atoms with E-state index in [2.05, 4.69) is 23.0 Å². The Bertz CT molecular complexity index is 409. The van der Waals surface area contributed by atoms with Crippen LogP contribution in [-0.4, -0.2) is 40.5 Å². The van der Waals surface area contributed by atoms with Crippen LogP contribution >= 0.6 is 0 Å². The Morgan fingerprint density at radius 1 is 1.25 bits per heavy atom. The summed E-state index contributed by atoms with van der Waals surface area (Å²) in [6, 6.07) is 2.20. The molecule has 0 saturated carbocycles. The summed E-state index contributed by atoms with van der Waals surface area (Å²) < 4.78 is 7.93. The number of hydrogen-bond donors (Lipinski definition) is 0. The summed E-state index contributed by atoms with van der Waals surface area (Å²) in [4.78, 5) is 2.54. The molecule has 0 bridgehead atoms. The molecular weight excluding hydrogens is 250 g/mol. The van der Waals surface area contributed by atoms with Crippen LogP contribution in [0.4, 0.5) is 0 Å². The van der Waals surface area contributed by atoms with Gasteiger partial charge in [0.1, 0.15) is 0 Å². The van der Waals surface area contributed by atoms with Crippen LogP contribution < -0.4 is 0 Å². The van der Waals surface area contributed by atoms with Crippen molar-refractivity contribution in [3.05, 3.63) is 17.5 Å². The SMILES string of the molecule is Cc1cc(CN2CCC(C3CCCCO3)CC2)nn1C. The zero-order valence-corrected chi connectivity index (χ0v) is 12.8. The highest BCUT2D eigenvalue weighted by Gasteiger charge is 2.28. The summed E-state index contributed by atoms with van der Waals surface area (Å²) in [6.45, 7) is 6.49. The molecule has 4 heteroatoms. The van der Waals surface area contributed by atoms with Crippen molar-refractivity contribution in [2.24, 2.45) is 13.0 Å². The second kappa shape index (κ2) is 6.27. The second-order valence-electron chi connectivity index (χ2n) is 6.42. The van der Waals surface area contributed by atoms with E-state index in [0.29, 0.717) is 6.10 Å². The Hall–Kier alpha value is -0.870. The van der Waals surface area contributed by atoms with E-state index in [1.807, 2.05) is 11.7 Å². The number of nitrogens with zero attached hydrogens (tertiary/aromatic N) is 3. The molecule has 3 heterocycles. The molecule has 0 N–H and O–H groups in total. The van der Waals surface area contributed by atoms with E-state index in [4.69, 9.17) is 4.74 Å². The zero-order valence-electron chi connectivity index (χ0n) is 12.8. The molecule has 4 nitrogen and oxygen atoms in total. The predicted molar refractivity (Wildman–Crippen MR) is 79.5 cm³/mol. The first-order valence-corrected chi connectivity index (χ1v) is 8.06. The number of likely N-dealkylation sites (tertiary alicyclic amines) is 1. The Labute approximate surface area is 122 Å². The van der Waals surface area contributed by atoms with E-state index < -0.39 is 0 Å². The third-order valence-electron chi connectivity index (χ3n) is 4.92. The fraction of sp³-hybridized carbons (Fsp3) is 0.812. The normalized spacial score (nSPS) is 26.0. The summed E-state index contributed by atoms with van der Waals surface area (Å²) in [7, 11) is 2.02. The highest BCUT2D eigenvalue weighted by atomic mass is 16.5. The lowest BCUT2D eigenvalue weighted by Crippen LogP contribution is -2.39. The third-order valence-corrected chi connectivity index (χ3v) is 4.92. The molecule has 2 aliphatic heterocycles. The molecule has 0 spiro atoms. The van der Waals surface area contributed by atoms with Crippen LogP contribution in [0.1, 0.15) is 43.5 Å². The summed E-state index contributed by atoms with van der Waals surface area (Å²) >= 11 is 0. The maximum Gasteiger partial charge on any atom is 0.0767 e. The van der Waals surface area contributed by atoms with Crippen LogP contribution in [0.5, 0.6) is 0 Å². The lowest BCUT2D eigenvalue weighted by Gasteiger charge is -2.37. The molecule has 0 aromatic carbocycles. The lowest BCUT2D eigenvalue weighted by atomic mass is 9.87. The number of hydrogen-bond acceptors (Lipinski definition) is 3. The molecule has 2 aliphatic rings. The van der Waals surface area contributed by atoms with E-state index in [1.165, 1.54) is 56.6 Å². The van der Waals surface area contributed by atoms with Crippen LogP contribution in [0, 0.1) is 12.8 Å². The summed E-state index contributed by atoms with van der Waals surface area (Å²) in [6.07, 6.45) is 7.02. The van der Waals surface area contributed by atoms with Crippen molar-refractivity contribution in [3.8, 4) is 0 Å². The maximum absolute atomic E-state index is 5.96. The lowest BCUT2D eigenvalue weighted by molar-refractivity contribution is -0.0384. The first-order chi connectivity index (χ1) is 9.72. The molecule has 3 rings (SSSR count). The molecular formula is C16H27N3O. The van der Waals surface area contributed by atoms with E-state index in [0.717, 1.165) is 19.1 Å². The molecule has 0 aliphatic carbocycles. The summed E-state index contributed by atoms with van der Waals surface area (Å²) in [5, 5.41) is 4.56. The summed E-state index contributed by atoms with van der Waals surface area (Å²) in [5.41, 5.74) is 2.45. The fourth-order valence-corrected chi connectivity index (χ4v) is 3.56. The molecule has 2 fully saturated rings. The summed E-state index contributed by atoms with van der Waals surface area (Å²) in [5.74, 6) is 0.789. The topological polar surface area (TPSA) is 30.3 Å². The van der Waals surface area contributed by atoms with Crippen LogP contribution in [0.25, 0.3) is 0 Å². The zero-order chi connectivity index (χ0) is 13.9. The first-order valence-electron chi connectivity index (χ1n) is 8.06. The van der Waals surface area contributed by atoms with Crippen molar-refractivity contribution < 1.29 is 4.74 Å². The van der Waals surface area contributed by atoms with Crippen LogP contribution in [0.15, 0.2) is 6.07 Å². The molecule has 2 saturated heterocycles. The molecule has 1 atom stereocenters. The van der Waals surface area contributed by atoms with E-state index >= 15 is 0 Å². The largest absolute Gasteiger partial charge is 0.378 e. The quantitative estimate of drug-likeness (QED) is 0.850. The standard InChI is InChI=1S/C16H27N3O/c1-13-11-15(17-18(13)2)12-19-8-6-14(7-9-19)16-5-3-4-10-20-16/h11,14,16H,3-10,12H2,1-2H3. The molecule has 1 aromatic heterocycles. The number of piperidine rings is 1. The Morgan fingerprint density at radius 2 is 2.05 bits per heavy atom. The Balaban J connectivity index is 1.48.